The van der Waals surface area contributed by atoms with Gasteiger partial charge >= 0.3 is 6.18 Å². The maximum atomic E-state index is 12.6. The number of hydrogen-bond acceptors (Lipinski definition) is 2. The standard InChI is InChI=1S/C14H10ClF3N2/c15-12-7-6-11(14(16,17)18)8-13(12)20-19-9-10-4-2-1-3-5-10/h1-9,20H/b19-9-. The number of alkyl halides is 3. The molecular weight excluding hydrogens is 289 g/mol. The van der Waals surface area contributed by atoms with Crippen LogP contribution in [0.5, 0.6) is 0 Å². The van der Waals surface area contributed by atoms with Gasteiger partial charge in [-0.1, -0.05) is 41.9 Å². The van der Waals surface area contributed by atoms with Crippen molar-refractivity contribution < 1.29 is 13.2 Å². The fraction of sp³-hybridized carbons (Fsp3) is 0.0714. The van der Waals surface area contributed by atoms with Crippen LogP contribution in [-0.4, -0.2) is 6.21 Å². The molecule has 0 fully saturated rings. The predicted octanol–water partition coefficient (Wildman–Crippen LogP) is 4.80. The summed E-state index contributed by atoms with van der Waals surface area (Å²) in [5.74, 6) is 0. The lowest BCUT2D eigenvalue weighted by molar-refractivity contribution is -0.137. The third kappa shape index (κ3) is 3.74. The molecule has 0 unspecified atom stereocenters. The van der Waals surface area contributed by atoms with E-state index in [0.29, 0.717) is 0 Å². The molecule has 0 aliphatic carbocycles. The first-order valence-corrected chi connectivity index (χ1v) is 6.05. The summed E-state index contributed by atoms with van der Waals surface area (Å²) in [6.45, 7) is 0. The average molecular weight is 299 g/mol. The number of rotatable bonds is 3. The maximum absolute atomic E-state index is 12.6. The van der Waals surface area contributed by atoms with E-state index in [-0.39, 0.29) is 10.7 Å². The van der Waals surface area contributed by atoms with Crippen LogP contribution in [0.3, 0.4) is 0 Å². The topological polar surface area (TPSA) is 24.4 Å². The monoisotopic (exact) mass is 298 g/mol. The van der Waals surface area contributed by atoms with E-state index < -0.39 is 11.7 Å². The van der Waals surface area contributed by atoms with Gasteiger partial charge in [-0.25, -0.2) is 0 Å². The van der Waals surface area contributed by atoms with E-state index in [0.717, 1.165) is 17.7 Å². The third-order valence-corrected chi connectivity index (χ3v) is 2.82. The highest BCUT2D eigenvalue weighted by molar-refractivity contribution is 6.33. The molecule has 0 saturated carbocycles. The molecular formula is C14H10ClF3N2. The predicted molar refractivity (Wildman–Crippen MR) is 74.1 cm³/mol. The number of benzene rings is 2. The molecule has 0 radical (unpaired) electrons. The van der Waals surface area contributed by atoms with Crippen molar-refractivity contribution in [2.45, 2.75) is 6.18 Å². The fourth-order valence-electron chi connectivity index (χ4n) is 1.50. The Kier molecular flexibility index (Phi) is 4.29. The Bertz CT molecular complexity index is 610. The molecule has 6 heteroatoms. The summed E-state index contributed by atoms with van der Waals surface area (Å²) in [5, 5.41) is 4.04. The molecule has 104 valence electrons. The van der Waals surface area contributed by atoms with Gasteiger partial charge in [-0.05, 0) is 23.8 Å². The van der Waals surface area contributed by atoms with Gasteiger partial charge < -0.3 is 0 Å². The molecule has 2 rings (SSSR count). The summed E-state index contributed by atoms with van der Waals surface area (Å²) in [4.78, 5) is 0. The summed E-state index contributed by atoms with van der Waals surface area (Å²) in [6.07, 6.45) is -2.92. The Labute approximate surface area is 118 Å². The quantitative estimate of drug-likeness (QED) is 0.638. The minimum atomic E-state index is -4.41. The van der Waals surface area contributed by atoms with Crippen molar-refractivity contribution in [3.05, 3.63) is 64.7 Å². The van der Waals surface area contributed by atoms with Crippen LogP contribution in [-0.2, 0) is 6.18 Å². The van der Waals surface area contributed by atoms with E-state index in [1.54, 1.807) is 0 Å². The van der Waals surface area contributed by atoms with Crippen molar-refractivity contribution in [1.29, 1.82) is 0 Å². The van der Waals surface area contributed by atoms with E-state index in [2.05, 4.69) is 10.5 Å². The highest BCUT2D eigenvalue weighted by Crippen LogP contribution is 2.33. The van der Waals surface area contributed by atoms with Gasteiger partial charge in [0.1, 0.15) is 0 Å². The van der Waals surface area contributed by atoms with Gasteiger partial charge in [0.2, 0.25) is 0 Å². The number of hydrogen-bond donors (Lipinski definition) is 1. The Morgan fingerprint density at radius 3 is 2.40 bits per heavy atom. The van der Waals surface area contributed by atoms with Gasteiger partial charge in [0.25, 0.3) is 0 Å². The van der Waals surface area contributed by atoms with Gasteiger partial charge in [0.05, 0.1) is 22.5 Å². The molecule has 0 amide bonds. The van der Waals surface area contributed by atoms with E-state index in [1.807, 2.05) is 30.3 Å². The Morgan fingerprint density at radius 1 is 1.05 bits per heavy atom. The van der Waals surface area contributed by atoms with Crippen LogP contribution in [0.15, 0.2) is 53.6 Å². The highest BCUT2D eigenvalue weighted by atomic mass is 35.5. The average Bonchev–Trinajstić information content (AvgIpc) is 2.41. The van der Waals surface area contributed by atoms with E-state index in [9.17, 15) is 13.2 Å². The molecule has 2 aromatic rings. The van der Waals surface area contributed by atoms with Crippen LogP contribution < -0.4 is 5.43 Å². The van der Waals surface area contributed by atoms with Crippen LogP contribution in [0.25, 0.3) is 0 Å². The Balaban J connectivity index is 2.15. The van der Waals surface area contributed by atoms with Crippen LogP contribution in [0, 0.1) is 0 Å². The van der Waals surface area contributed by atoms with Crippen molar-refractivity contribution in [2.24, 2.45) is 5.10 Å². The minimum Gasteiger partial charge on any atom is -0.277 e. The molecule has 0 aromatic heterocycles. The molecule has 1 N–H and O–H groups in total. The van der Waals surface area contributed by atoms with Gasteiger partial charge in [-0.3, -0.25) is 5.43 Å². The molecule has 0 aliphatic rings. The van der Waals surface area contributed by atoms with Gasteiger partial charge in [-0.15, -0.1) is 0 Å². The summed E-state index contributed by atoms with van der Waals surface area (Å²) < 4.78 is 37.7. The molecule has 20 heavy (non-hydrogen) atoms. The van der Waals surface area contributed by atoms with Crippen LogP contribution >= 0.6 is 11.6 Å². The van der Waals surface area contributed by atoms with Crippen molar-refractivity contribution >= 4 is 23.5 Å². The van der Waals surface area contributed by atoms with Crippen molar-refractivity contribution in [1.82, 2.24) is 0 Å². The zero-order chi connectivity index (χ0) is 14.6. The van der Waals surface area contributed by atoms with E-state index in [4.69, 9.17) is 11.6 Å². The van der Waals surface area contributed by atoms with Crippen molar-refractivity contribution in [3.63, 3.8) is 0 Å². The first kappa shape index (κ1) is 14.4. The molecule has 2 nitrogen and oxygen atoms in total. The van der Waals surface area contributed by atoms with Gasteiger partial charge in [0, 0.05) is 0 Å². The second kappa shape index (κ2) is 5.96. The summed E-state index contributed by atoms with van der Waals surface area (Å²) in [7, 11) is 0. The lowest BCUT2D eigenvalue weighted by Gasteiger charge is -2.09. The van der Waals surface area contributed by atoms with Crippen molar-refractivity contribution in [3.8, 4) is 0 Å². The smallest absolute Gasteiger partial charge is 0.277 e. The molecule has 0 atom stereocenters. The Hall–Kier alpha value is -2.01. The Morgan fingerprint density at radius 2 is 1.75 bits per heavy atom. The highest BCUT2D eigenvalue weighted by Gasteiger charge is 2.30. The van der Waals surface area contributed by atoms with Crippen LogP contribution in [0.1, 0.15) is 11.1 Å². The third-order valence-electron chi connectivity index (χ3n) is 2.49. The lowest BCUT2D eigenvalue weighted by atomic mass is 10.2. The minimum absolute atomic E-state index is 0.105. The number of nitrogens with one attached hydrogen (secondary N) is 1. The van der Waals surface area contributed by atoms with E-state index in [1.165, 1.54) is 12.3 Å². The van der Waals surface area contributed by atoms with Crippen LogP contribution in [0.2, 0.25) is 5.02 Å². The first-order valence-electron chi connectivity index (χ1n) is 5.68. The number of nitrogens with zero attached hydrogens (tertiary/aromatic N) is 1. The molecule has 2 aromatic carbocycles. The summed E-state index contributed by atoms with van der Waals surface area (Å²) in [6, 6.07) is 12.2. The maximum Gasteiger partial charge on any atom is 0.416 e. The second-order valence-electron chi connectivity index (χ2n) is 3.97. The molecule has 0 saturated heterocycles. The van der Waals surface area contributed by atoms with Crippen LogP contribution in [0.4, 0.5) is 18.9 Å². The molecule has 0 spiro atoms. The molecule has 0 heterocycles. The SMILES string of the molecule is FC(F)(F)c1ccc(Cl)c(N/N=C\c2ccccc2)c1. The van der Waals surface area contributed by atoms with Gasteiger partial charge in [0.15, 0.2) is 0 Å². The number of anilines is 1. The largest absolute Gasteiger partial charge is 0.416 e. The lowest BCUT2D eigenvalue weighted by Crippen LogP contribution is -2.05. The number of hydrazone groups is 1. The zero-order valence-electron chi connectivity index (χ0n) is 10.2. The summed E-state index contributed by atoms with van der Waals surface area (Å²) in [5.41, 5.74) is 2.66. The molecule has 0 bridgehead atoms. The summed E-state index contributed by atoms with van der Waals surface area (Å²) >= 11 is 5.82. The van der Waals surface area contributed by atoms with Crippen molar-refractivity contribution in [2.75, 3.05) is 5.43 Å². The second-order valence-corrected chi connectivity index (χ2v) is 4.38. The molecule has 0 aliphatic heterocycles. The zero-order valence-corrected chi connectivity index (χ0v) is 10.9. The fourth-order valence-corrected chi connectivity index (χ4v) is 1.66. The number of halogens is 4. The van der Waals surface area contributed by atoms with E-state index >= 15 is 0 Å². The first-order chi connectivity index (χ1) is 9.47. The normalized spacial score (nSPS) is 11.8. The van der Waals surface area contributed by atoms with Gasteiger partial charge in [-0.2, -0.15) is 18.3 Å².